The topological polar surface area (TPSA) is 58.4 Å². The number of benzene rings is 2. The molecule has 4 nitrogen and oxygen atoms in total. The molecule has 2 rings (SSSR count). The van der Waals surface area contributed by atoms with Crippen molar-refractivity contribution < 1.29 is 9.18 Å². The van der Waals surface area contributed by atoms with Gasteiger partial charge in [-0.15, -0.1) is 0 Å². The maximum atomic E-state index is 13.8. The van der Waals surface area contributed by atoms with Crippen molar-refractivity contribution in [3.8, 4) is 0 Å². The van der Waals surface area contributed by atoms with E-state index >= 15 is 0 Å². The largest absolute Gasteiger partial charge is 0.350 e. The third-order valence-corrected chi connectivity index (χ3v) is 3.89. The molecule has 1 unspecified atom stereocenters. The number of rotatable bonds is 6. The average molecular weight is 329 g/mol. The first-order valence-corrected chi connectivity index (χ1v) is 7.85. The Morgan fingerprint density at radius 1 is 1.21 bits per heavy atom. The molecule has 1 amide bonds. The summed E-state index contributed by atoms with van der Waals surface area (Å²) in [4.78, 5) is 14.3. The molecule has 2 aromatic carbocycles. The summed E-state index contributed by atoms with van der Waals surface area (Å²) in [6.45, 7) is 2.49. The van der Waals surface area contributed by atoms with Gasteiger partial charge < -0.3 is 16.0 Å². The van der Waals surface area contributed by atoms with Crippen LogP contribution in [0.1, 0.15) is 23.6 Å². The lowest BCUT2D eigenvalue weighted by molar-refractivity contribution is -0.126. The van der Waals surface area contributed by atoms with Gasteiger partial charge in [0.2, 0.25) is 5.91 Å². The molecular formula is C19H24FN3O. The summed E-state index contributed by atoms with van der Waals surface area (Å²) in [5, 5.41) is 2.84. The van der Waals surface area contributed by atoms with Gasteiger partial charge in [0.25, 0.3) is 0 Å². The molecule has 24 heavy (non-hydrogen) atoms. The van der Waals surface area contributed by atoms with Crippen LogP contribution in [0.3, 0.4) is 0 Å². The Bertz CT molecular complexity index is 699. The van der Waals surface area contributed by atoms with Crippen molar-refractivity contribution in [2.24, 2.45) is 5.73 Å². The molecule has 0 saturated heterocycles. The highest BCUT2D eigenvalue weighted by atomic mass is 19.1. The summed E-state index contributed by atoms with van der Waals surface area (Å²) in [5.74, 6) is -0.515. The Labute approximate surface area is 142 Å². The first kappa shape index (κ1) is 18.1. The molecule has 5 heteroatoms. The van der Waals surface area contributed by atoms with Crippen LogP contribution in [0.25, 0.3) is 0 Å². The molecule has 0 aliphatic heterocycles. The Kier molecular flexibility index (Phi) is 5.70. The van der Waals surface area contributed by atoms with E-state index in [-0.39, 0.29) is 11.7 Å². The Morgan fingerprint density at radius 2 is 1.88 bits per heavy atom. The van der Waals surface area contributed by atoms with Crippen LogP contribution in [0.4, 0.5) is 4.39 Å². The van der Waals surface area contributed by atoms with E-state index in [9.17, 15) is 9.18 Å². The second-order valence-electron chi connectivity index (χ2n) is 6.41. The normalized spacial score (nSPS) is 13.6. The molecule has 0 fully saturated rings. The van der Waals surface area contributed by atoms with Crippen molar-refractivity contribution >= 4 is 5.91 Å². The highest BCUT2D eigenvalue weighted by Gasteiger charge is 2.29. The van der Waals surface area contributed by atoms with Gasteiger partial charge in [-0.05, 0) is 44.3 Å². The van der Waals surface area contributed by atoms with Crippen LogP contribution in [-0.2, 0) is 23.4 Å². The summed E-state index contributed by atoms with van der Waals surface area (Å²) in [6, 6.07) is 14.1. The zero-order valence-corrected chi connectivity index (χ0v) is 14.3. The maximum Gasteiger partial charge on any atom is 0.244 e. The van der Waals surface area contributed by atoms with Gasteiger partial charge in [0.1, 0.15) is 11.4 Å². The van der Waals surface area contributed by atoms with Crippen LogP contribution in [0.5, 0.6) is 0 Å². The minimum absolute atomic E-state index is 0.244. The molecule has 2 aromatic rings. The average Bonchev–Trinajstić information content (AvgIpc) is 2.55. The smallest absolute Gasteiger partial charge is 0.244 e. The van der Waals surface area contributed by atoms with E-state index in [0.29, 0.717) is 18.7 Å². The summed E-state index contributed by atoms with van der Waals surface area (Å²) in [6.07, 6.45) is 0. The van der Waals surface area contributed by atoms with E-state index < -0.39 is 5.54 Å². The maximum absolute atomic E-state index is 13.8. The predicted octanol–water partition coefficient (Wildman–Crippen LogP) is 2.38. The Morgan fingerprint density at radius 3 is 2.50 bits per heavy atom. The molecule has 128 valence electrons. The van der Waals surface area contributed by atoms with Crippen molar-refractivity contribution in [3.63, 3.8) is 0 Å². The van der Waals surface area contributed by atoms with E-state index in [1.807, 2.05) is 49.3 Å². The third kappa shape index (κ3) is 4.40. The summed E-state index contributed by atoms with van der Waals surface area (Å²) in [5.41, 5.74) is 7.26. The molecule has 0 aliphatic rings. The fourth-order valence-corrected chi connectivity index (χ4v) is 2.48. The highest BCUT2D eigenvalue weighted by molar-refractivity contribution is 5.86. The van der Waals surface area contributed by atoms with Crippen molar-refractivity contribution in [1.29, 1.82) is 0 Å². The van der Waals surface area contributed by atoms with Crippen molar-refractivity contribution in [3.05, 3.63) is 71.0 Å². The minimum Gasteiger partial charge on any atom is -0.350 e. The summed E-state index contributed by atoms with van der Waals surface area (Å²) >= 11 is 0. The number of hydrogen-bond donors (Lipinski definition) is 2. The number of halogens is 1. The summed E-state index contributed by atoms with van der Waals surface area (Å²) < 4.78 is 13.8. The molecule has 0 bridgehead atoms. The molecule has 0 saturated carbocycles. The number of nitrogens with one attached hydrogen (secondary N) is 1. The minimum atomic E-state index is -1.12. The van der Waals surface area contributed by atoms with Gasteiger partial charge in [0, 0.05) is 18.7 Å². The van der Waals surface area contributed by atoms with Crippen LogP contribution in [0, 0.1) is 5.82 Å². The molecule has 0 aliphatic carbocycles. The number of nitrogens with zero attached hydrogens (tertiary/aromatic N) is 1. The zero-order chi connectivity index (χ0) is 17.7. The van der Waals surface area contributed by atoms with Crippen molar-refractivity contribution in [2.45, 2.75) is 25.6 Å². The van der Waals surface area contributed by atoms with Gasteiger partial charge in [-0.3, -0.25) is 4.79 Å². The summed E-state index contributed by atoms with van der Waals surface area (Å²) in [7, 11) is 3.77. The van der Waals surface area contributed by atoms with E-state index in [4.69, 9.17) is 5.73 Å². The van der Waals surface area contributed by atoms with Gasteiger partial charge in [-0.1, -0.05) is 36.4 Å². The van der Waals surface area contributed by atoms with Crippen molar-refractivity contribution in [2.75, 3.05) is 14.1 Å². The fraction of sp³-hybridized carbons (Fsp3) is 0.316. The number of carbonyl (C=O) groups is 1. The fourth-order valence-electron chi connectivity index (χ4n) is 2.48. The van der Waals surface area contributed by atoms with Crippen LogP contribution >= 0.6 is 0 Å². The quantitative estimate of drug-likeness (QED) is 0.855. The van der Waals surface area contributed by atoms with Crippen LogP contribution in [-0.4, -0.2) is 24.9 Å². The Hall–Kier alpha value is -2.24. The van der Waals surface area contributed by atoms with Gasteiger partial charge in [-0.25, -0.2) is 4.39 Å². The van der Waals surface area contributed by atoms with Crippen LogP contribution in [0.15, 0.2) is 48.5 Å². The number of nitrogens with two attached hydrogens (primary N) is 1. The molecule has 3 N–H and O–H groups in total. The third-order valence-electron chi connectivity index (χ3n) is 3.89. The standard InChI is InChI=1S/C19H24FN3O/c1-19(21,16-7-5-4-6-8-16)18(24)22-12-14-9-10-17(20)15(11-14)13-23(2)3/h4-11H,12-13,21H2,1-3H3,(H,22,24). The second-order valence-corrected chi connectivity index (χ2v) is 6.41. The first-order chi connectivity index (χ1) is 11.3. The molecule has 0 radical (unpaired) electrons. The monoisotopic (exact) mass is 329 g/mol. The van der Waals surface area contributed by atoms with Crippen LogP contribution in [0.2, 0.25) is 0 Å². The second kappa shape index (κ2) is 7.55. The van der Waals surface area contributed by atoms with Gasteiger partial charge in [0.15, 0.2) is 0 Å². The van der Waals surface area contributed by atoms with E-state index in [2.05, 4.69) is 5.32 Å². The van der Waals surface area contributed by atoms with E-state index in [1.165, 1.54) is 6.07 Å². The van der Waals surface area contributed by atoms with E-state index in [1.54, 1.807) is 19.1 Å². The zero-order valence-electron chi connectivity index (χ0n) is 14.3. The predicted molar refractivity (Wildman–Crippen MR) is 93.6 cm³/mol. The lowest BCUT2D eigenvalue weighted by Gasteiger charge is -2.24. The molecular weight excluding hydrogens is 305 g/mol. The van der Waals surface area contributed by atoms with Gasteiger partial charge >= 0.3 is 0 Å². The molecule has 0 aromatic heterocycles. The molecule has 1 atom stereocenters. The number of carbonyl (C=O) groups excluding carboxylic acids is 1. The SMILES string of the molecule is CN(C)Cc1cc(CNC(=O)C(C)(N)c2ccccc2)ccc1F. The lowest BCUT2D eigenvalue weighted by atomic mass is 9.92. The lowest BCUT2D eigenvalue weighted by Crippen LogP contribution is -2.48. The highest BCUT2D eigenvalue weighted by Crippen LogP contribution is 2.18. The van der Waals surface area contributed by atoms with Crippen LogP contribution < -0.4 is 11.1 Å². The van der Waals surface area contributed by atoms with Gasteiger partial charge in [0.05, 0.1) is 0 Å². The first-order valence-electron chi connectivity index (χ1n) is 7.85. The molecule has 0 spiro atoms. The number of hydrogen-bond acceptors (Lipinski definition) is 3. The Balaban J connectivity index is 2.06. The van der Waals surface area contributed by atoms with Crippen molar-refractivity contribution in [1.82, 2.24) is 10.2 Å². The van der Waals surface area contributed by atoms with Gasteiger partial charge in [-0.2, -0.15) is 0 Å². The number of amides is 1. The van der Waals surface area contributed by atoms with E-state index in [0.717, 1.165) is 11.1 Å². The molecule has 0 heterocycles.